The minimum absolute atomic E-state index is 0.248. The molecule has 0 aromatic heterocycles. The van der Waals surface area contributed by atoms with Crippen molar-refractivity contribution >= 4 is 45.2 Å². The third-order valence-electron chi connectivity index (χ3n) is 3.20. The summed E-state index contributed by atoms with van der Waals surface area (Å²) < 4.78 is 0.894. The normalized spacial score (nSPS) is 13.7. The van der Waals surface area contributed by atoms with Gasteiger partial charge in [-0.1, -0.05) is 28.1 Å². The summed E-state index contributed by atoms with van der Waals surface area (Å²) in [6, 6.07) is 12.4. The molecule has 1 aliphatic heterocycles. The highest BCUT2D eigenvalue weighted by atomic mass is 79.9. The van der Waals surface area contributed by atoms with Crippen LogP contribution in [-0.4, -0.2) is 22.6 Å². The molecule has 3 rings (SSSR count). The molecule has 21 heavy (non-hydrogen) atoms. The van der Waals surface area contributed by atoms with Crippen molar-refractivity contribution in [2.75, 3.05) is 11.6 Å². The number of carbonyl (C=O) groups is 2. The van der Waals surface area contributed by atoms with Crippen LogP contribution in [0.25, 0.3) is 0 Å². The summed E-state index contributed by atoms with van der Waals surface area (Å²) >= 11 is 4.71. The molecular weight excluding hydrogens is 352 g/mol. The first-order valence-electron chi connectivity index (χ1n) is 6.21. The van der Waals surface area contributed by atoms with Gasteiger partial charge in [0, 0.05) is 15.1 Å². The maximum absolute atomic E-state index is 12.2. The van der Waals surface area contributed by atoms with E-state index in [1.807, 2.05) is 12.1 Å². The highest BCUT2D eigenvalue weighted by Gasteiger charge is 2.34. The fourth-order valence-electron chi connectivity index (χ4n) is 2.14. The van der Waals surface area contributed by atoms with Crippen molar-refractivity contribution in [3.8, 4) is 0 Å². The lowest BCUT2D eigenvalue weighted by Gasteiger charge is -2.14. The number of hydrogen-bond acceptors (Lipinski definition) is 4. The van der Waals surface area contributed by atoms with E-state index in [2.05, 4.69) is 15.9 Å². The number of nitrogens with zero attached hydrogens (tertiary/aromatic N) is 1. The van der Waals surface area contributed by atoms with E-state index in [0.717, 1.165) is 9.37 Å². The Bertz CT molecular complexity index is 713. The largest absolute Gasteiger partial charge is 0.398 e. The van der Waals surface area contributed by atoms with Gasteiger partial charge >= 0.3 is 0 Å². The monoisotopic (exact) mass is 362 g/mol. The third kappa shape index (κ3) is 2.56. The fraction of sp³-hybridized carbons (Fsp3) is 0.0667. The maximum Gasteiger partial charge on any atom is 0.262 e. The number of carbonyl (C=O) groups excluding carboxylic acids is 2. The Balaban J connectivity index is 1.78. The molecule has 0 radical (unpaired) electrons. The molecule has 0 saturated carbocycles. The molecule has 0 fully saturated rings. The van der Waals surface area contributed by atoms with Crippen LogP contribution in [0, 0.1) is 0 Å². The van der Waals surface area contributed by atoms with Crippen LogP contribution in [0.2, 0.25) is 0 Å². The van der Waals surface area contributed by atoms with Crippen LogP contribution in [0.1, 0.15) is 20.7 Å². The second-order valence-corrected chi connectivity index (χ2v) is 6.44. The Morgan fingerprint density at radius 2 is 1.67 bits per heavy atom. The number of nitrogens with two attached hydrogens (primary N) is 1. The Morgan fingerprint density at radius 1 is 1.05 bits per heavy atom. The van der Waals surface area contributed by atoms with Crippen LogP contribution in [0.4, 0.5) is 5.69 Å². The molecule has 0 aliphatic carbocycles. The van der Waals surface area contributed by atoms with Gasteiger partial charge in [0.2, 0.25) is 0 Å². The molecule has 2 aromatic carbocycles. The molecule has 106 valence electrons. The van der Waals surface area contributed by atoms with Crippen LogP contribution < -0.4 is 5.73 Å². The molecule has 2 aromatic rings. The van der Waals surface area contributed by atoms with E-state index in [0.29, 0.717) is 16.8 Å². The lowest BCUT2D eigenvalue weighted by Crippen LogP contribution is -2.29. The number of amides is 2. The first kappa shape index (κ1) is 14.2. The molecule has 6 heteroatoms. The molecule has 0 saturated heterocycles. The second-order valence-electron chi connectivity index (χ2n) is 4.54. The lowest BCUT2D eigenvalue weighted by molar-refractivity contribution is 0.0684. The van der Waals surface area contributed by atoms with Crippen molar-refractivity contribution in [3.05, 3.63) is 58.1 Å². The summed E-state index contributed by atoms with van der Waals surface area (Å²) in [7, 11) is 0. The minimum atomic E-state index is -0.251. The van der Waals surface area contributed by atoms with E-state index in [9.17, 15) is 9.59 Å². The number of anilines is 1. The fourth-order valence-corrected chi connectivity index (χ4v) is 3.41. The molecule has 1 aliphatic rings. The van der Waals surface area contributed by atoms with E-state index in [1.165, 1.54) is 16.7 Å². The number of hydrogen-bond donors (Lipinski definition) is 1. The van der Waals surface area contributed by atoms with E-state index in [4.69, 9.17) is 5.73 Å². The number of imide groups is 1. The van der Waals surface area contributed by atoms with Crippen molar-refractivity contribution in [2.45, 2.75) is 4.90 Å². The standard InChI is InChI=1S/C15H11BrN2O2S/c16-9-5-6-13(12(17)7-9)21-8-18-14(19)10-3-1-2-4-11(10)15(18)20/h1-7H,8,17H2. The van der Waals surface area contributed by atoms with E-state index in [-0.39, 0.29) is 17.7 Å². The number of halogens is 1. The summed E-state index contributed by atoms with van der Waals surface area (Å²) in [6.45, 7) is 0. The predicted molar refractivity (Wildman–Crippen MR) is 86.2 cm³/mol. The SMILES string of the molecule is Nc1cc(Br)ccc1SCN1C(=O)c2ccccc2C1=O. The quantitative estimate of drug-likeness (QED) is 0.516. The number of benzene rings is 2. The van der Waals surface area contributed by atoms with Gasteiger partial charge in [0.25, 0.3) is 11.8 Å². The zero-order chi connectivity index (χ0) is 15.0. The number of rotatable bonds is 3. The Labute approximate surface area is 134 Å². The van der Waals surface area contributed by atoms with Crippen LogP contribution >= 0.6 is 27.7 Å². The van der Waals surface area contributed by atoms with Gasteiger partial charge in [-0.2, -0.15) is 0 Å². The predicted octanol–water partition coefficient (Wildman–Crippen LogP) is 3.38. The third-order valence-corrected chi connectivity index (χ3v) is 4.76. The van der Waals surface area contributed by atoms with Crippen molar-refractivity contribution in [3.63, 3.8) is 0 Å². The zero-order valence-corrected chi connectivity index (χ0v) is 13.3. The van der Waals surface area contributed by atoms with Crippen molar-refractivity contribution in [1.29, 1.82) is 0 Å². The summed E-state index contributed by atoms with van der Waals surface area (Å²) in [5.74, 6) is -0.254. The average molecular weight is 363 g/mol. The molecule has 0 atom stereocenters. The number of thioether (sulfide) groups is 1. The van der Waals surface area contributed by atoms with Gasteiger partial charge < -0.3 is 5.73 Å². The Kier molecular flexibility index (Phi) is 3.73. The highest BCUT2D eigenvalue weighted by molar-refractivity contribution is 9.10. The van der Waals surface area contributed by atoms with E-state index < -0.39 is 0 Å². The van der Waals surface area contributed by atoms with E-state index >= 15 is 0 Å². The minimum Gasteiger partial charge on any atom is -0.398 e. The molecular formula is C15H11BrN2O2S. The summed E-state index contributed by atoms with van der Waals surface area (Å²) in [5, 5.41) is 0. The van der Waals surface area contributed by atoms with E-state index in [1.54, 1.807) is 30.3 Å². The smallest absolute Gasteiger partial charge is 0.262 e. The molecule has 1 heterocycles. The summed E-state index contributed by atoms with van der Waals surface area (Å²) in [6.07, 6.45) is 0. The molecule has 4 nitrogen and oxygen atoms in total. The van der Waals surface area contributed by atoms with Crippen LogP contribution in [0.3, 0.4) is 0 Å². The van der Waals surface area contributed by atoms with Crippen LogP contribution in [0.5, 0.6) is 0 Å². The average Bonchev–Trinajstić information content (AvgIpc) is 2.71. The van der Waals surface area contributed by atoms with Gasteiger partial charge in [-0.25, -0.2) is 0 Å². The van der Waals surface area contributed by atoms with Gasteiger partial charge in [-0.15, -0.1) is 11.8 Å². The van der Waals surface area contributed by atoms with Gasteiger partial charge in [0.05, 0.1) is 17.0 Å². The Hall–Kier alpha value is -1.79. The Morgan fingerprint density at radius 3 is 2.24 bits per heavy atom. The zero-order valence-electron chi connectivity index (χ0n) is 10.9. The maximum atomic E-state index is 12.2. The van der Waals surface area contributed by atoms with Gasteiger partial charge in [-0.3, -0.25) is 14.5 Å². The summed E-state index contributed by atoms with van der Waals surface area (Å²) in [5.41, 5.74) is 7.47. The topological polar surface area (TPSA) is 63.4 Å². The highest BCUT2D eigenvalue weighted by Crippen LogP contribution is 2.31. The number of fused-ring (bicyclic) bond motifs is 1. The molecule has 2 N–H and O–H groups in total. The molecule has 0 bridgehead atoms. The first-order chi connectivity index (χ1) is 10.1. The molecule has 0 unspecified atom stereocenters. The van der Waals surface area contributed by atoms with Crippen LogP contribution in [-0.2, 0) is 0 Å². The summed E-state index contributed by atoms with van der Waals surface area (Å²) in [4.78, 5) is 26.5. The molecule has 2 amide bonds. The van der Waals surface area contributed by atoms with Crippen molar-refractivity contribution in [1.82, 2.24) is 4.90 Å². The second kappa shape index (κ2) is 5.54. The lowest BCUT2D eigenvalue weighted by atomic mass is 10.1. The van der Waals surface area contributed by atoms with Crippen molar-refractivity contribution in [2.24, 2.45) is 0 Å². The van der Waals surface area contributed by atoms with Gasteiger partial charge in [0.15, 0.2) is 0 Å². The molecule has 0 spiro atoms. The van der Waals surface area contributed by atoms with Crippen molar-refractivity contribution < 1.29 is 9.59 Å². The number of nitrogen functional groups attached to an aromatic ring is 1. The first-order valence-corrected chi connectivity index (χ1v) is 7.99. The van der Waals surface area contributed by atoms with Gasteiger partial charge in [-0.05, 0) is 30.3 Å². The van der Waals surface area contributed by atoms with Crippen LogP contribution in [0.15, 0.2) is 51.8 Å². The van der Waals surface area contributed by atoms with Gasteiger partial charge in [0.1, 0.15) is 0 Å².